The molecule has 1 aliphatic rings. The molecule has 2 amide bonds. The van der Waals surface area contributed by atoms with Crippen molar-refractivity contribution in [1.29, 1.82) is 0 Å². The van der Waals surface area contributed by atoms with Crippen LogP contribution in [0, 0.1) is 10.1 Å². The molecule has 1 fully saturated rings. The summed E-state index contributed by atoms with van der Waals surface area (Å²) >= 11 is 0. The van der Waals surface area contributed by atoms with Gasteiger partial charge in [0.1, 0.15) is 5.75 Å². The molecular weight excluding hydrogens is 414 g/mol. The average molecular weight is 441 g/mol. The lowest BCUT2D eigenvalue weighted by Gasteiger charge is -2.32. The molecule has 0 bridgehead atoms. The highest BCUT2D eigenvalue weighted by molar-refractivity contribution is 5.95. The van der Waals surface area contributed by atoms with Crippen molar-refractivity contribution in [3.8, 4) is 11.5 Å². The Labute approximate surface area is 186 Å². The monoisotopic (exact) mass is 441 g/mol. The van der Waals surface area contributed by atoms with Gasteiger partial charge in [-0.2, -0.15) is 0 Å². The normalized spacial score (nSPS) is 14.0. The molecule has 3 rings (SSSR count). The molecule has 9 heteroatoms. The molecule has 0 radical (unpaired) electrons. The van der Waals surface area contributed by atoms with Gasteiger partial charge in [0, 0.05) is 36.3 Å². The van der Waals surface area contributed by atoms with E-state index in [0.29, 0.717) is 38.3 Å². The van der Waals surface area contributed by atoms with Crippen LogP contribution in [-0.2, 0) is 11.2 Å². The quantitative estimate of drug-likeness (QED) is 0.498. The Morgan fingerprint density at radius 3 is 2.53 bits per heavy atom. The maximum atomic E-state index is 12.7. The lowest BCUT2D eigenvalue weighted by atomic mass is 10.0. The fourth-order valence-electron chi connectivity index (χ4n) is 3.74. The van der Waals surface area contributed by atoms with Crippen molar-refractivity contribution < 1.29 is 24.0 Å². The number of hydrogen-bond acceptors (Lipinski definition) is 6. The van der Waals surface area contributed by atoms with Crippen LogP contribution in [0.3, 0.4) is 0 Å². The number of likely N-dealkylation sites (tertiary alicyclic amines) is 1. The van der Waals surface area contributed by atoms with Gasteiger partial charge in [-0.25, -0.2) is 0 Å². The van der Waals surface area contributed by atoms with Gasteiger partial charge in [0.05, 0.1) is 25.1 Å². The molecule has 0 saturated carbocycles. The summed E-state index contributed by atoms with van der Waals surface area (Å²) in [5.74, 6) is 0.458. The van der Waals surface area contributed by atoms with Crippen LogP contribution in [0.15, 0.2) is 42.5 Å². The topological polar surface area (TPSA) is 111 Å². The molecule has 32 heavy (non-hydrogen) atoms. The molecule has 1 aliphatic heterocycles. The lowest BCUT2D eigenvalue weighted by molar-refractivity contribution is -0.385. The number of piperidine rings is 1. The molecular formula is C23H27N3O6. The summed E-state index contributed by atoms with van der Waals surface area (Å²) < 4.78 is 10.6. The van der Waals surface area contributed by atoms with Gasteiger partial charge >= 0.3 is 5.69 Å². The highest BCUT2D eigenvalue weighted by atomic mass is 16.6. The first kappa shape index (κ1) is 23.1. The van der Waals surface area contributed by atoms with E-state index in [9.17, 15) is 19.7 Å². The van der Waals surface area contributed by atoms with E-state index in [1.807, 2.05) is 24.3 Å². The summed E-state index contributed by atoms with van der Waals surface area (Å²) in [4.78, 5) is 37.8. The Bertz CT molecular complexity index is 985. The Kier molecular flexibility index (Phi) is 7.64. The van der Waals surface area contributed by atoms with Crippen LogP contribution in [0.2, 0.25) is 0 Å². The maximum absolute atomic E-state index is 12.7. The molecule has 0 atom stereocenters. The summed E-state index contributed by atoms with van der Waals surface area (Å²) in [5, 5.41) is 14.2. The number of benzene rings is 2. The van der Waals surface area contributed by atoms with Gasteiger partial charge < -0.3 is 19.7 Å². The highest BCUT2D eigenvalue weighted by Gasteiger charge is 2.26. The minimum absolute atomic E-state index is 0.0152. The smallest absolute Gasteiger partial charge is 0.311 e. The first-order valence-electron chi connectivity index (χ1n) is 10.5. The van der Waals surface area contributed by atoms with Gasteiger partial charge in [-0.15, -0.1) is 0 Å². The Balaban J connectivity index is 1.55. The van der Waals surface area contributed by atoms with E-state index in [2.05, 4.69) is 5.32 Å². The highest BCUT2D eigenvalue weighted by Crippen LogP contribution is 2.28. The Hall–Kier alpha value is -3.62. The van der Waals surface area contributed by atoms with Crippen LogP contribution in [0.5, 0.6) is 11.5 Å². The average Bonchev–Trinajstić information content (AvgIpc) is 2.80. The second-order valence-corrected chi connectivity index (χ2v) is 7.49. The molecule has 9 nitrogen and oxygen atoms in total. The Morgan fingerprint density at radius 1 is 1.16 bits per heavy atom. The van der Waals surface area contributed by atoms with Crippen molar-refractivity contribution in [2.45, 2.75) is 32.2 Å². The lowest BCUT2D eigenvalue weighted by Crippen LogP contribution is -2.47. The molecule has 1 heterocycles. The Morgan fingerprint density at radius 2 is 1.88 bits per heavy atom. The van der Waals surface area contributed by atoms with E-state index in [1.54, 1.807) is 18.9 Å². The van der Waals surface area contributed by atoms with Crippen LogP contribution in [0.4, 0.5) is 5.69 Å². The third-order valence-corrected chi connectivity index (χ3v) is 5.43. The second-order valence-electron chi connectivity index (χ2n) is 7.49. The summed E-state index contributed by atoms with van der Waals surface area (Å²) in [5.41, 5.74) is 0.804. The van der Waals surface area contributed by atoms with Crippen molar-refractivity contribution in [2.24, 2.45) is 0 Å². The SMILES string of the molecule is CCOc1ccc(C(=O)NC2CCN(C(=O)Cc3ccccc3OC)CC2)cc1[N+](=O)[O-]. The number of carbonyl (C=O) groups excluding carboxylic acids is 2. The summed E-state index contributed by atoms with van der Waals surface area (Å²) in [6.45, 7) is 3.09. The minimum Gasteiger partial charge on any atom is -0.496 e. The van der Waals surface area contributed by atoms with Gasteiger partial charge in [0.15, 0.2) is 5.75 Å². The predicted molar refractivity (Wildman–Crippen MR) is 118 cm³/mol. The first-order valence-corrected chi connectivity index (χ1v) is 10.5. The van der Waals surface area contributed by atoms with Gasteiger partial charge in [-0.1, -0.05) is 18.2 Å². The number of nitrogens with one attached hydrogen (secondary N) is 1. The van der Waals surface area contributed by atoms with Gasteiger partial charge in [-0.3, -0.25) is 19.7 Å². The van der Waals surface area contributed by atoms with E-state index in [0.717, 1.165) is 5.56 Å². The molecule has 0 aliphatic carbocycles. The summed E-state index contributed by atoms with van der Waals surface area (Å²) in [6.07, 6.45) is 1.49. The zero-order chi connectivity index (χ0) is 23.1. The van der Waals surface area contributed by atoms with Crippen LogP contribution in [0.1, 0.15) is 35.7 Å². The molecule has 170 valence electrons. The van der Waals surface area contributed by atoms with Gasteiger partial charge in [0.2, 0.25) is 5.91 Å². The zero-order valence-electron chi connectivity index (χ0n) is 18.2. The minimum atomic E-state index is -0.562. The third-order valence-electron chi connectivity index (χ3n) is 5.43. The molecule has 2 aromatic rings. The molecule has 1 N–H and O–H groups in total. The number of amides is 2. The van der Waals surface area contributed by atoms with E-state index in [4.69, 9.17) is 9.47 Å². The number of para-hydroxylation sites is 1. The first-order chi connectivity index (χ1) is 15.4. The number of hydrogen-bond donors (Lipinski definition) is 1. The fourth-order valence-corrected chi connectivity index (χ4v) is 3.74. The number of carbonyl (C=O) groups is 2. The van der Waals surface area contributed by atoms with Crippen molar-refractivity contribution >= 4 is 17.5 Å². The van der Waals surface area contributed by atoms with Gasteiger partial charge in [0.25, 0.3) is 5.91 Å². The summed E-state index contributed by atoms with van der Waals surface area (Å²) in [6, 6.07) is 11.5. The molecule has 1 saturated heterocycles. The number of ether oxygens (including phenoxy) is 2. The van der Waals surface area contributed by atoms with E-state index >= 15 is 0 Å². The molecule has 2 aromatic carbocycles. The standard InChI is InChI=1S/C23H27N3O6/c1-3-32-21-9-8-17(14-19(21)26(29)30)23(28)24-18-10-12-25(13-11-18)22(27)15-16-6-4-5-7-20(16)31-2/h4-9,14,18H,3,10-13,15H2,1-2H3,(H,24,28). The van der Waals surface area contributed by atoms with Crippen LogP contribution < -0.4 is 14.8 Å². The van der Waals surface area contributed by atoms with E-state index in [-0.39, 0.29) is 41.3 Å². The number of methoxy groups -OCH3 is 1. The van der Waals surface area contributed by atoms with E-state index < -0.39 is 4.92 Å². The van der Waals surface area contributed by atoms with Crippen molar-refractivity contribution in [3.63, 3.8) is 0 Å². The molecule has 0 aromatic heterocycles. The van der Waals surface area contributed by atoms with Crippen molar-refractivity contribution in [1.82, 2.24) is 10.2 Å². The zero-order valence-corrected chi connectivity index (χ0v) is 18.2. The molecule has 0 unspecified atom stereocenters. The largest absolute Gasteiger partial charge is 0.496 e. The van der Waals surface area contributed by atoms with Crippen LogP contribution >= 0.6 is 0 Å². The van der Waals surface area contributed by atoms with Crippen LogP contribution in [-0.4, -0.2) is 54.5 Å². The number of rotatable bonds is 8. The predicted octanol–water partition coefficient (Wildman–Crippen LogP) is 2.97. The molecule has 0 spiro atoms. The summed E-state index contributed by atoms with van der Waals surface area (Å²) in [7, 11) is 1.58. The van der Waals surface area contributed by atoms with Crippen molar-refractivity contribution in [3.05, 3.63) is 63.7 Å². The third kappa shape index (κ3) is 5.54. The number of nitrogens with zero attached hydrogens (tertiary/aromatic N) is 2. The van der Waals surface area contributed by atoms with Crippen LogP contribution in [0.25, 0.3) is 0 Å². The van der Waals surface area contributed by atoms with E-state index in [1.165, 1.54) is 18.2 Å². The van der Waals surface area contributed by atoms with Gasteiger partial charge in [-0.05, 0) is 38.0 Å². The fraction of sp³-hybridized carbons (Fsp3) is 0.391. The number of nitro groups is 1. The van der Waals surface area contributed by atoms with Crippen molar-refractivity contribution in [2.75, 3.05) is 26.8 Å². The second kappa shape index (κ2) is 10.6. The maximum Gasteiger partial charge on any atom is 0.311 e. The number of nitro benzene ring substituents is 1.